The van der Waals surface area contributed by atoms with Gasteiger partial charge in [0, 0.05) is 0 Å². The van der Waals surface area contributed by atoms with E-state index in [0.717, 1.165) is 11.1 Å². The fourth-order valence-electron chi connectivity index (χ4n) is 2.95. The number of benzene rings is 4. The van der Waals surface area contributed by atoms with Crippen LogP contribution in [0.2, 0.25) is 5.02 Å². The standard InChI is InChI=1S/C22H14ClF/c23-22-14-19(24)12-11-18(22)8-6-15-5-7-17-10-9-16-3-1-2-4-20(16)21(17)13-15/h1-14H/b8-6+. The highest BCUT2D eigenvalue weighted by Crippen LogP contribution is 2.27. The molecule has 0 radical (unpaired) electrons. The second kappa shape index (κ2) is 6.10. The number of rotatable bonds is 2. The van der Waals surface area contributed by atoms with Gasteiger partial charge in [0.05, 0.1) is 5.02 Å². The predicted molar refractivity (Wildman–Crippen MR) is 102 cm³/mol. The van der Waals surface area contributed by atoms with Crippen molar-refractivity contribution in [1.29, 1.82) is 0 Å². The molecule has 0 bridgehead atoms. The van der Waals surface area contributed by atoms with E-state index in [0.29, 0.717) is 5.02 Å². The van der Waals surface area contributed by atoms with Crippen LogP contribution >= 0.6 is 11.6 Å². The third kappa shape index (κ3) is 2.79. The van der Waals surface area contributed by atoms with E-state index in [1.165, 1.54) is 33.7 Å². The van der Waals surface area contributed by atoms with Crippen molar-refractivity contribution in [2.45, 2.75) is 0 Å². The molecule has 0 amide bonds. The van der Waals surface area contributed by atoms with E-state index in [4.69, 9.17) is 11.6 Å². The summed E-state index contributed by atoms with van der Waals surface area (Å²) < 4.78 is 13.1. The fraction of sp³-hybridized carbons (Fsp3) is 0. The van der Waals surface area contributed by atoms with Gasteiger partial charge >= 0.3 is 0 Å². The summed E-state index contributed by atoms with van der Waals surface area (Å²) in [5.41, 5.74) is 1.88. The highest BCUT2D eigenvalue weighted by Gasteiger charge is 2.01. The van der Waals surface area contributed by atoms with E-state index in [1.807, 2.05) is 12.2 Å². The Balaban J connectivity index is 1.79. The average Bonchev–Trinajstić information content (AvgIpc) is 2.61. The Kier molecular flexibility index (Phi) is 3.79. The van der Waals surface area contributed by atoms with Crippen LogP contribution in [0.25, 0.3) is 33.7 Å². The molecule has 0 heterocycles. The van der Waals surface area contributed by atoms with Crippen LogP contribution in [0, 0.1) is 5.82 Å². The number of hydrogen-bond acceptors (Lipinski definition) is 0. The lowest BCUT2D eigenvalue weighted by atomic mass is 9.99. The van der Waals surface area contributed by atoms with Crippen molar-refractivity contribution in [3.8, 4) is 0 Å². The quantitative estimate of drug-likeness (QED) is 0.275. The Morgan fingerprint density at radius 1 is 0.708 bits per heavy atom. The third-order valence-corrected chi connectivity index (χ3v) is 4.52. The lowest BCUT2D eigenvalue weighted by Gasteiger charge is -2.05. The van der Waals surface area contributed by atoms with Crippen molar-refractivity contribution in [1.82, 2.24) is 0 Å². The molecule has 2 heteroatoms. The summed E-state index contributed by atoms with van der Waals surface area (Å²) >= 11 is 6.08. The van der Waals surface area contributed by atoms with Gasteiger partial charge in [-0.05, 0) is 50.9 Å². The second-order valence-corrected chi connectivity index (χ2v) is 6.17. The number of halogens is 2. The van der Waals surface area contributed by atoms with Crippen molar-refractivity contribution in [2.75, 3.05) is 0 Å². The predicted octanol–water partition coefficient (Wildman–Crippen LogP) is 6.96. The first-order chi connectivity index (χ1) is 11.7. The molecule has 0 spiro atoms. The lowest BCUT2D eigenvalue weighted by molar-refractivity contribution is 0.628. The van der Waals surface area contributed by atoms with Crippen LogP contribution < -0.4 is 0 Å². The molecule has 0 aliphatic rings. The Morgan fingerprint density at radius 3 is 2.29 bits per heavy atom. The van der Waals surface area contributed by atoms with E-state index in [1.54, 1.807) is 6.07 Å². The molecule has 4 aromatic carbocycles. The number of hydrogen-bond donors (Lipinski definition) is 0. The summed E-state index contributed by atoms with van der Waals surface area (Å²) in [5, 5.41) is 5.32. The molecule has 0 aliphatic carbocycles. The average molecular weight is 333 g/mol. The summed E-state index contributed by atoms with van der Waals surface area (Å²) in [5.74, 6) is -0.325. The molecule has 4 rings (SSSR count). The minimum absolute atomic E-state index is 0.325. The summed E-state index contributed by atoms with van der Waals surface area (Å²) in [6.45, 7) is 0. The van der Waals surface area contributed by atoms with E-state index in [2.05, 4.69) is 54.6 Å². The van der Waals surface area contributed by atoms with Crippen molar-refractivity contribution in [3.05, 3.63) is 94.8 Å². The zero-order valence-corrected chi connectivity index (χ0v) is 13.6. The SMILES string of the molecule is Fc1ccc(/C=C/c2ccc3ccc4ccccc4c3c2)c(Cl)c1. The Morgan fingerprint density at radius 2 is 1.46 bits per heavy atom. The van der Waals surface area contributed by atoms with Gasteiger partial charge in [0.15, 0.2) is 0 Å². The summed E-state index contributed by atoms with van der Waals surface area (Å²) in [7, 11) is 0. The van der Waals surface area contributed by atoms with Crippen LogP contribution in [-0.2, 0) is 0 Å². The van der Waals surface area contributed by atoms with Crippen molar-refractivity contribution < 1.29 is 4.39 Å². The molecule has 24 heavy (non-hydrogen) atoms. The molecule has 0 N–H and O–H groups in total. The first-order valence-electron chi connectivity index (χ1n) is 7.75. The van der Waals surface area contributed by atoms with E-state index < -0.39 is 0 Å². The molecule has 0 fully saturated rings. The second-order valence-electron chi connectivity index (χ2n) is 5.77. The van der Waals surface area contributed by atoms with Gasteiger partial charge in [-0.3, -0.25) is 0 Å². The van der Waals surface area contributed by atoms with E-state index >= 15 is 0 Å². The molecule has 0 saturated heterocycles. The Bertz CT molecular complexity index is 1080. The van der Waals surface area contributed by atoms with Crippen LogP contribution in [0.15, 0.2) is 72.8 Å². The van der Waals surface area contributed by atoms with Crippen LogP contribution in [0.4, 0.5) is 4.39 Å². The van der Waals surface area contributed by atoms with Gasteiger partial charge in [0.1, 0.15) is 5.82 Å². The monoisotopic (exact) mass is 332 g/mol. The largest absolute Gasteiger partial charge is 0.207 e. The molecular weight excluding hydrogens is 319 g/mol. The number of fused-ring (bicyclic) bond motifs is 3. The van der Waals surface area contributed by atoms with Crippen molar-refractivity contribution in [2.24, 2.45) is 0 Å². The maximum atomic E-state index is 13.1. The van der Waals surface area contributed by atoms with Crippen molar-refractivity contribution >= 4 is 45.3 Å². The highest BCUT2D eigenvalue weighted by molar-refractivity contribution is 6.32. The topological polar surface area (TPSA) is 0 Å². The molecule has 0 aromatic heterocycles. The van der Waals surface area contributed by atoms with Crippen LogP contribution in [0.1, 0.15) is 11.1 Å². The van der Waals surface area contributed by atoms with Gasteiger partial charge in [-0.15, -0.1) is 0 Å². The zero-order valence-electron chi connectivity index (χ0n) is 12.8. The Hall–Kier alpha value is -2.64. The molecule has 0 saturated carbocycles. The molecule has 0 atom stereocenters. The molecular formula is C22H14ClF. The minimum Gasteiger partial charge on any atom is -0.207 e. The van der Waals surface area contributed by atoms with E-state index in [9.17, 15) is 4.39 Å². The molecule has 0 unspecified atom stereocenters. The van der Waals surface area contributed by atoms with Crippen molar-refractivity contribution in [3.63, 3.8) is 0 Å². The maximum Gasteiger partial charge on any atom is 0.124 e. The summed E-state index contributed by atoms with van der Waals surface area (Å²) in [6.07, 6.45) is 3.91. The van der Waals surface area contributed by atoms with Crippen LogP contribution in [-0.4, -0.2) is 0 Å². The first kappa shape index (κ1) is 14.9. The fourth-order valence-corrected chi connectivity index (χ4v) is 3.18. The zero-order chi connectivity index (χ0) is 16.5. The van der Waals surface area contributed by atoms with Crippen LogP contribution in [0.3, 0.4) is 0 Å². The van der Waals surface area contributed by atoms with Gasteiger partial charge in [0.2, 0.25) is 0 Å². The minimum atomic E-state index is -0.325. The molecule has 0 aliphatic heterocycles. The normalized spacial score (nSPS) is 11.6. The summed E-state index contributed by atoms with van der Waals surface area (Å²) in [4.78, 5) is 0. The van der Waals surface area contributed by atoms with Crippen LogP contribution in [0.5, 0.6) is 0 Å². The molecule has 116 valence electrons. The highest BCUT2D eigenvalue weighted by atomic mass is 35.5. The lowest BCUT2D eigenvalue weighted by Crippen LogP contribution is -1.80. The summed E-state index contributed by atoms with van der Waals surface area (Å²) in [6, 6.07) is 23.5. The van der Waals surface area contributed by atoms with Gasteiger partial charge in [-0.25, -0.2) is 4.39 Å². The smallest absolute Gasteiger partial charge is 0.124 e. The Labute approximate surface area is 144 Å². The molecule has 0 nitrogen and oxygen atoms in total. The first-order valence-corrected chi connectivity index (χ1v) is 8.13. The third-order valence-electron chi connectivity index (χ3n) is 4.19. The van der Waals surface area contributed by atoms with Gasteiger partial charge < -0.3 is 0 Å². The van der Waals surface area contributed by atoms with Gasteiger partial charge in [-0.2, -0.15) is 0 Å². The van der Waals surface area contributed by atoms with E-state index in [-0.39, 0.29) is 5.82 Å². The van der Waals surface area contributed by atoms with Gasteiger partial charge in [-0.1, -0.05) is 78.4 Å². The van der Waals surface area contributed by atoms with Gasteiger partial charge in [0.25, 0.3) is 0 Å². The maximum absolute atomic E-state index is 13.1. The molecule has 4 aromatic rings.